The summed E-state index contributed by atoms with van der Waals surface area (Å²) in [5.74, 6) is 1.76. The highest BCUT2D eigenvalue weighted by Gasteiger charge is 2.44. The van der Waals surface area contributed by atoms with E-state index in [9.17, 15) is 0 Å². The fraction of sp³-hybridized carbons (Fsp3) is 0.545. The zero-order valence-corrected chi connectivity index (χ0v) is 18.5. The number of aliphatic imine (C=N–C) groups is 1. The molecule has 0 radical (unpaired) electrons. The van der Waals surface area contributed by atoms with Crippen LogP contribution in [0.5, 0.6) is 0 Å². The number of nitrogens with zero attached hydrogens (tertiary/aromatic N) is 4. The summed E-state index contributed by atoms with van der Waals surface area (Å²) in [6.45, 7) is 6.09. The molecular formula is C22H30BrN5. The van der Waals surface area contributed by atoms with Gasteiger partial charge in [0, 0.05) is 42.8 Å². The molecule has 1 aliphatic carbocycles. The van der Waals surface area contributed by atoms with Crippen LogP contribution in [0.25, 0.3) is 0 Å². The third-order valence-electron chi connectivity index (χ3n) is 6.03. The molecule has 0 amide bonds. The molecule has 2 fully saturated rings. The maximum Gasteiger partial charge on any atom is 0.193 e. The molecule has 150 valence electrons. The Hall–Kier alpha value is -1.82. The number of hydrogen-bond donors (Lipinski definition) is 1. The minimum absolute atomic E-state index is 0.235. The van der Waals surface area contributed by atoms with E-state index in [2.05, 4.69) is 68.6 Å². The summed E-state index contributed by atoms with van der Waals surface area (Å²) in [5.41, 5.74) is 2.99. The Morgan fingerprint density at radius 1 is 1.39 bits per heavy atom. The van der Waals surface area contributed by atoms with Crippen molar-refractivity contribution >= 4 is 21.9 Å². The first-order valence-electron chi connectivity index (χ1n) is 10.3. The van der Waals surface area contributed by atoms with Crippen molar-refractivity contribution in [3.05, 3.63) is 52.3 Å². The molecular weight excluding hydrogens is 414 g/mol. The largest absolute Gasteiger partial charge is 0.357 e. The van der Waals surface area contributed by atoms with Crippen molar-refractivity contribution in [1.29, 1.82) is 0 Å². The monoisotopic (exact) mass is 443 g/mol. The molecule has 6 heteroatoms. The number of rotatable bonds is 6. The summed E-state index contributed by atoms with van der Waals surface area (Å²) >= 11 is 3.61. The first kappa shape index (κ1) is 19.5. The normalized spacial score (nSPS) is 21.2. The van der Waals surface area contributed by atoms with Crippen molar-refractivity contribution in [3.8, 4) is 0 Å². The average Bonchev–Trinajstić information content (AvgIpc) is 3.15. The van der Waals surface area contributed by atoms with E-state index in [1.54, 1.807) is 0 Å². The molecule has 1 aromatic heterocycles. The predicted molar refractivity (Wildman–Crippen MR) is 118 cm³/mol. The van der Waals surface area contributed by atoms with Crippen LogP contribution in [0.15, 0.2) is 46.1 Å². The zero-order chi connectivity index (χ0) is 19.6. The quantitative estimate of drug-likeness (QED) is 0.546. The van der Waals surface area contributed by atoms with Gasteiger partial charge in [-0.2, -0.15) is 5.10 Å². The summed E-state index contributed by atoms with van der Waals surface area (Å²) in [5, 5.41) is 7.83. The fourth-order valence-electron chi connectivity index (χ4n) is 4.26. The number of hydrogen-bond acceptors (Lipinski definition) is 2. The lowest BCUT2D eigenvalue weighted by atomic mass is 9.96. The molecule has 4 rings (SSSR count). The molecule has 0 spiro atoms. The van der Waals surface area contributed by atoms with Gasteiger partial charge in [-0.05, 0) is 61.8 Å². The van der Waals surface area contributed by atoms with Gasteiger partial charge in [-0.3, -0.25) is 9.67 Å². The van der Waals surface area contributed by atoms with Gasteiger partial charge < -0.3 is 10.2 Å². The van der Waals surface area contributed by atoms with E-state index in [1.165, 1.54) is 30.4 Å². The van der Waals surface area contributed by atoms with Crippen LogP contribution in [0.1, 0.15) is 37.3 Å². The van der Waals surface area contributed by atoms with Gasteiger partial charge in [-0.15, -0.1) is 0 Å². The second-order valence-electron chi connectivity index (χ2n) is 8.29. The van der Waals surface area contributed by atoms with Gasteiger partial charge in [0.15, 0.2) is 5.96 Å². The SMILES string of the molecule is CCNC(=NCC1(c2cccc(Br)c2)CC1)N1CCC(Cc2cnn(C)c2)C1. The summed E-state index contributed by atoms with van der Waals surface area (Å²) in [6, 6.07) is 8.74. The molecule has 1 aliphatic heterocycles. The molecule has 1 atom stereocenters. The highest BCUT2D eigenvalue weighted by atomic mass is 79.9. The molecule has 5 nitrogen and oxygen atoms in total. The van der Waals surface area contributed by atoms with Crippen LogP contribution < -0.4 is 5.32 Å². The molecule has 1 N–H and O–H groups in total. The minimum Gasteiger partial charge on any atom is -0.357 e. The zero-order valence-electron chi connectivity index (χ0n) is 16.9. The fourth-order valence-corrected chi connectivity index (χ4v) is 4.66. The Balaban J connectivity index is 1.41. The van der Waals surface area contributed by atoms with Crippen molar-refractivity contribution in [1.82, 2.24) is 20.0 Å². The van der Waals surface area contributed by atoms with Gasteiger partial charge in [0.05, 0.1) is 12.7 Å². The van der Waals surface area contributed by atoms with E-state index in [-0.39, 0.29) is 5.41 Å². The molecule has 1 unspecified atom stereocenters. The summed E-state index contributed by atoms with van der Waals surface area (Å²) in [7, 11) is 1.99. The van der Waals surface area contributed by atoms with E-state index < -0.39 is 0 Å². The number of aromatic nitrogens is 2. The minimum atomic E-state index is 0.235. The lowest BCUT2D eigenvalue weighted by Gasteiger charge is -2.23. The lowest BCUT2D eigenvalue weighted by Crippen LogP contribution is -2.40. The molecule has 1 saturated heterocycles. The van der Waals surface area contributed by atoms with E-state index in [0.717, 1.165) is 43.0 Å². The highest BCUT2D eigenvalue weighted by molar-refractivity contribution is 9.10. The molecule has 1 saturated carbocycles. The number of nitrogens with one attached hydrogen (secondary N) is 1. The number of benzene rings is 1. The summed E-state index contributed by atoms with van der Waals surface area (Å²) in [6.07, 6.45) is 8.92. The van der Waals surface area contributed by atoms with Gasteiger partial charge in [-0.1, -0.05) is 28.1 Å². The average molecular weight is 444 g/mol. The van der Waals surface area contributed by atoms with Crippen molar-refractivity contribution in [2.75, 3.05) is 26.2 Å². The van der Waals surface area contributed by atoms with Crippen molar-refractivity contribution in [3.63, 3.8) is 0 Å². The topological polar surface area (TPSA) is 45.5 Å². The van der Waals surface area contributed by atoms with E-state index in [4.69, 9.17) is 4.99 Å². The Labute approximate surface area is 176 Å². The molecule has 28 heavy (non-hydrogen) atoms. The highest BCUT2D eigenvalue weighted by Crippen LogP contribution is 2.48. The molecule has 2 heterocycles. The van der Waals surface area contributed by atoms with Gasteiger partial charge in [0.2, 0.25) is 0 Å². The van der Waals surface area contributed by atoms with Gasteiger partial charge in [0.1, 0.15) is 0 Å². The van der Waals surface area contributed by atoms with E-state index in [0.29, 0.717) is 5.92 Å². The van der Waals surface area contributed by atoms with E-state index >= 15 is 0 Å². The van der Waals surface area contributed by atoms with Crippen molar-refractivity contribution in [2.24, 2.45) is 18.0 Å². The number of halogens is 1. The summed E-state index contributed by atoms with van der Waals surface area (Å²) in [4.78, 5) is 7.53. The van der Waals surface area contributed by atoms with Crippen molar-refractivity contribution in [2.45, 2.75) is 38.0 Å². The van der Waals surface area contributed by atoms with Crippen LogP contribution in [-0.4, -0.2) is 46.8 Å². The molecule has 2 aliphatic rings. The van der Waals surface area contributed by atoms with Crippen molar-refractivity contribution < 1.29 is 0 Å². The third kappa shape index (κ3) is 4.43. The molecule has 0 bridgehead atoms. The van der Waals surface area contributed by atoms with Gasteiger partial charge in [-0.25, -0.2) is 0 Å². The second kappa shape index (κ2) is 8.27. The molecule has 1 aromatic carbocycles. The first-order valence-corrected chi connectivity index (χ1v) is 11.1. The van der Waals surface area contributed by atoms with Crippen LogP contribution in [0.2, 0.25) is 0 Å². The second-order valence-corrected chi connectivity index (χ2v) is 9.20. The number of likely N-dealkylation sites (tertiary alicyclic amines) is 1. The number of guanidine groups is 1. The van der Waals surface area contributed by atoms with E-state index in [1.807, 2.05) is 17.9 Å². The third-order valence-corrected chi connectivity index (χ3v) is 6.52. The first-order chi connectivity index (χ1) is 13.6. The predicted octanol–water partition coefficient (Wildman–Crippen LogP) is 3.74. The number of aryl methyl sites for hydroxylation is 1. The maximum absolute atomic E-state index is 5.08. The summed E-state index contributed by atoms with van der Waals surface area (Å²) < 4.78 is 3.05. The van der Waals surface area contributed by atoms with Gasteiger partial charge >= 0.3 is 0 Å². The Morgan fingerprint density at radius 2 is 2.25 bits per heavy atom. The van der Waals surface area contributed by atoms with Gasteiger partial charge in [0.25, 0.3) is 0 Å². The smallest absolute Gasteiger partial charge is 0.193 e. The van der Waals surface area contributed by atoms with Crippen LogP contribution >= 0.6 is 15.9 Å². The van der Waals surface area contributed by atoms with Crippen LogP contribution in [0, 0.1) is 5.92 Å². The molecule has 2 aromatic rings. The maximum atomic E-state index is 5.08. The standard InChI is InChI=1S/C22H30BrN5/c1-3-24-21(25-16-22(8-9-22)19-5-4-6-20(23)12-19)28-10-7-17(15-28)11-18-13-26-27(2)14-18/h4-6,12-14,17H,3,7-11,15-16H2,1-2H3,(H,24,25). The Kier molecular flexibility index (Phi) is 5.76. The van der Waals surface area contributed by atoms with Crippen LogP contribution in [0.3, 0.4) is 0 Å². The lowest BCUT2D eigenvalue weighted by molar-refractivity contribution is 0.458. The van der Waals surface area contributed by atoms with Crippen LogP contribution in [0.4, 0.5) is 0 Å². The Morgan fingerprint density at radius 3 is 2.93 bits per heavy atom. The Bertz CT molecular complexity index is 839. The van der Waals surface area contributed by atoms with Crippen LogP contribution in [-0.2, 0) is 18.9 Å².